The third-order valence-corrected chi connectivity index (χ3v) is 0.999. The predicted molar refractivity (Wildman–Crippen MR) is 28.2 cm³/mol. The summed E-state index contributed by atoms with van der Waals surface area (Å²) in [4.78, 5) is 0. The highest BCUT2D eigenvalue weighted by molar-refractivity contribution is 4.60. The molecule has 0 aliphatic rings. The van der Waals surface area contributed by atoms with Crippen LogP contribution < -0.4 is 11.3 Å². The first kappa shape index (κ1) is 6.88. The summed E-state index contributed by atoms with van der Waals surface area (Å²) in [5.41, 5.74) is 1.36. The van der Waals surface area contributed by atoms with Crippen molar-refractivity contribution < 1.29 is 5.11 Å². The molecule has 0 aromatic heterocycles. The standard InChI is InChI=1S/C4H12N2O/c1-3-4(2,7)6-5/h6-7H,3,5H2,1-2H3. The van der Waals surface area contributed by atoms with Crippen molar-refractivity contribution in [3.05, 3.63) is 0 Å². The Bertz CT molecular complexity index is 47.7. The average molecular weight is 104 g/mol. The van der Waals surface area contributed by atoms with Gasteiger partial charge in [0.2, 0.25) is 0 Å². The van der Waals surface area contributed by atoms with Crippen LogP contribution in [-0.4, -0.2) is 10.8 Å². The molecule has 0 heterocycles. The van der Waals surface area contributed by atoms with Crippen LogP contribution in [0.2, 0.25) is 0 Å². The van der Waals surface area contributed by atoms with Gasteiger partial charge in [-0.2, -0.15) is 0 Å². The number of aliphatic hydroxyl groups is 1. The fraction of sp³-hybridized carbons (Fsp3) is 1.00. The minimum atomic E-state index is -0.889. The van der Waals surface area contributed by atoms with Crippen LogP contribution >= 0.6 is 0 Å². The second-order valence-corrected chi connectivity index (χ2v) is 1.77. The lowest BCUT2D eigenvalue weighted by Gasteiger charge is -2.18. The second kappa shape index (κ2) is 2.26. The predicted octanol–water partition coefficient (Wildman–Crippen LogP) is -0.432. The Labute approximate surface area is 43.5 Å². The van der Waals surface area contributed by atoms with Crippen molar-refractivity contribution in [3.63, 3.8) is 0 Å². The Balaban J connectivity index is 3.36. The van der Waals surface area contributed by atoms with Crippen molar-refractivity contribution in [1.29, 1.82) is 0 Å². The maximum atomic E-state index is 8.90. The van der Waals surface area contributed by atoms with Gasteiger partial charge in [0.05, 0.1) is 0 Å². The molecular weight excluding hydrogens is 92.1 g/mol. The smallest absolute Gasteiger partial charge is 0.124 e. The first-order chi connectivity index (χ1) is 3.12. The van der Waals surface area contributed by atoms with Crippen LogP contribution in [0, 0.1) is 0 Å². The van der Waals surface area contributed by atoms with Gasteiger partial charge < -0.3 is 5.11 Å². The van der Waals surface area contributed by atoms with Crippen molar-refractivity contribution >= 4 is 0 Å². The lowest BCUT2D eigenvalue weighted by atomic mass is 10.2. The molecule has 3 heteroatoms. The topological polar surface area (TPSA) is 58.3 Å². The fourth-order valence-electron chi connectivity index (χ4n) is 0.102. The Hall–Kier alpha value is -0.120. The Kier molecular flexibility index (Phi) is 2.22. The van der Waals surface area contributed by atoms with E-state index in [2.05, 4.69) is 5.43 Å². The molecule has 0 fully saturated rings. The fourth-order valence-corrected chi connectivity index (χ4v) is 0.102. The van der Waals surface area contributed by atoms with E-state index in [9.17, 15) is 0 Å². The van der Waals surface area contributed by atoms with Crippen LogP contribution in [0.3, 0.4) is 0 Å². The van der Waals surface area contributed by atoms with E-state index in [0.29, 0.717) is 6.42 Å². The summed E-state index contributed by atoms with van der Waals surface area (Å²) < 4.78 is 0. The van der Waals surface area contributed by atoms with E-state index < -0.39 is 5.72 Å². The zero-order chi connectivity index (χ0) is 5.91. The van der Waals surface area contributed by atoms with E-state index in [1.165, 1.54) is 0 Å². The lowest BCUT2D eigenvalue weighted by Crippen LogP contribution is -2.45. The molecule has 0 saturated carbocycles. The molecule has 0 rings (SSSR count). The molecule has 4 N–H and O–H groups in total. The largest absolute Gasteiger partial charge is 0.375 e. The van der Waals surface area contributed by atoms with Crippen LogP contribution in [0.15, 0.2) is 0 Å². The molecule has 0 amide bonds. The Morgan fingerprint density at radius 3 is 2.29 bits per heavy atom. The zero-order valence-corrected chi connectivity index (χ0v) is 4.73. The molecule has 0 spiro atoms. The molecule has 44 valence electrons. The average Bonchev–Trinajstić information content (AvgIpc) is 1.68. The number of nitrogens with one attached hydrogen (secondary N) is 1. The van der Waals surface area contributed by atoms with Crippen molar-refractivity contribution in [2.75, 3.05) is 0 Å². The van der Waals surface area contributed by atoms with Crippen molar-refractivity contribution in [1.82, 2.24) is 5.43 Å². The summed E-state index contributed by atoms with van der Waals surface area (Å²) in [5.74, 6) is 4.92. The summed E-state index contributed by atoms with van der Waals surface area (Å²) >= 11 is 0. The van der Waals surface area contributed by atoms with Gasteiger partial charge in [0.25, 0.3) is 0 Å². The van der Waals surface area contributed by atoms with Crippen molar-refractivity contribution in [2.45, 2.75) is 26.0 Å². The molecule has 0 aliphatic heterocycles. The summed E-state index contributed by atoms with van der Waals surface area (Å²) in [6.45, 7) is 3.47. The normalized spacial score (nSPS) is 18.9. The number of hydrogen-bond acceptors (Lipinski definition) is 3. The third kappa shape index (κ3) is 2.56. The lowest BCUT2D eigenvalue weighted by molar-refractivity contribution is 0.0205. The third-order valence-electron chi connectivity index (χ3n) is 0.999. The van der Waals surface area contributed by atoms with E-state index in [1.54, 1.807) is 6.92 Å². The van der Waals surface area contributed by atoms with Gasteiger partial charge in [0.15, 0.2) is 0 Å². The van der Waals surface area contributed by atoms with Gasteiger partial charge in [-0.25, -0.2) is 5.43 Å². The summed E-state index contributed by atoms with van der Waals surface area (Å²) in [7, 11) is 0. The van der Waals surface area contributed by atoms with Crippen LogP contribution in [0.25, 0.3) is 0 Å². The van der Waals surface area contributed by atoms with Gasteiger partial charge >= 0.3 is 0 Å². The van der Waals surface area contributed by atoms with Gasteiger partial charge in [-0.05, 0) is 13.3 Å². The number of hydrogen-bond donors (Lipinski definition) is 3. The van der Waals surface area contributed by atoms with Crippen molar-refractivity contribution in [2.24, 2.45) is 5.84 Å². The molecule has 0 bridgehead atoms. The number of rotatable bonds is 2. The molecule has 0 aromatic rings. The Morgan fingerprint density at radius 1 is 1.86 bits per heavy atom. The molecule has 1 unspecified atom stereocenters. The van der Waals surface area contributed by atoms with Gasteiger partial charge in [-0.15, -0.1) is 0 Å². The highest BCUT2D eigenvalue weighted by Crippen LogP contribution is 1.98. The summed E-state index contributed by atoms with van der Waals surface area (Å²) in [6.07, 6.45) is 0.615. The summed E-state index contributed by atoms with van der Waals surface area (Å²) in [6, 6.07) is 0. The van der Waals surface area contributed by atoms with E-state index in [0.717, 1.165) is 0 Å². The number of hydrazine groups is 1. The molecule has 0 aromatic carbocycles. The van der Waals surface area contributed by atoms with E-state index in [1.807, 2.05) is 6.92 Å². The van der Waals surface area contributed by atoms with E-state index in [4.69, 9.17) is 10.9 Å². The minimum absolute atomic E-state index is 0.615. The Morgan fingerprint density at radius 2 is 2.29 bits per heavy atom. The summed E-state index contributed by atoms with van der Waals surface area (Å²) in [5, 5.41) is 8.90. The van der Waals surface area contributed by atoms with Crippen LogP contribution in [0.5, 0.6) is 0 Å². The monoisotopic (exact) mass is 104 g/mol. The van der Waals surface area contributed by atoms with Crippen LogP contribution in [-0.2, 0) is 0 Å². The molecule has 7 heavy (non-hydrogen) atoms. The van der Waals surface area contributed by atoms with Crippen LogP contribution in [0.1, 0.15) is 20.3 Å². The maximum absolute atomic E-state index is 8.90. The molecule has 0 radical (unpaired) electrons. The SMILES string of the molecule is CCC(C)(O)NN. The first-order valence-corrected chi connectivity index (χ1v) is 2.32. The van der Waals surface area contributed by atoms with Crippen LogP contribution in [0.4, 0.5) is 0 Å². The maximum Gasteiger partial charge on any atom is 0.124 e. The minimum Gasteiger partial charge on any atom is -0.375 e. The first-order valence-electron chi connectivity index (χ1n) is 2.32. The molecule has 1 atom stereocenters. The van der Waals surface area contributed by atoms with Crippen molar-refractivity contribution in [3.8, 4) is 0 Å². The quantitative estimate of drug-likeness (QED) is 0.253. The second-order valence-electron chi connectivity index (χ2n) is 1.77. The van der Waals surface area contributed by atoms with Gasteiger partial charge in [0.1, 0.15) is 5.72 Å². The highest BCUT2D eigenvalue weighted by Gasteiger charge is 2.12. The van der Waals surface area contributed by atoms with E-state index >= 15 is 0 Å². The van der Waals surface area contributed by atoms with Gasteiger partial charge in [-0.1, -0.05) is 6.92 Å². The highest BCUT2D eigenvalue weighted by atomic mass is 16.3. The van der Waals surface area contributed by atoms with E-state index in [-0.39, 0.29) is 0 Å². The molecule has 0 aliphatic carbocycles. The zero-order valence-electron chi connectivity index (χ0n) is 4.73. The molecule has 0 saturated heterocycles. The van der Waals surface area contributed by atoms with Gasteiger partial charge in [-0.3, -0.25) is 5.84 Å². The molecular formula is C4H12N2O. The molecule has 3 nitrogen and oxygen atoms in total. The number of nitrogens with two attached hydrogens (primary N) is 1. The van der Waals surface area contributed by atoms with Gasteiger partial charge in [0, 0.05) is 0 Å².